The topological polar surface area (TPSA) is 87.7 Å². The predicted molar refractivity (Wildman–Crippen MR) is 66.4 cm³/mol. The number of aliphatic carboxylic acids is 1. The monoisotopic (exact) mass is 258 g/mol. The van der Waals surface area contributed by atoms with E-state index < -0.39 is 17.5 Å². The SMILES string of the molecule is CCC(C)(NC(=O)NCCOCC1CC1)C(=O)O. The summed E-state index contributed by atoms with van der Waals surface area (Å²) in [5.41, 5.74) is -1.22. The van der Waals surface area contributed by atoms with Crippen molar-refractivity contribution in [1.82, 2.24) is 10.6 Å². The van der Waals surface area contributed by atoms with Crippen molar-refractivity contribution in [2.24, 2.45) is 5.92 Å². The number of amides is 2. The van der Waals surface area contributed by atoms with Crippen LogP contribution >= 0.6 is 0 Å². The average molecular weight is 258 g/mol. The molecule has 2 amide bonds. The van der Waals surface area contributed by atoms with Crippen LogP contribution < -0.4 is 10.6 Å². The molecular formula is C12H22N2O4. The molecule has 0 spiro atoms. The van der Waals surface area contributed by atoms with E-state index in [0.717, 1.165) is 6.61 Å². The van der Waals surface area contributed by atoms with Gasteiger partial charge in [-0.2, -0.15) is 0 Å². The summed E-state index contributed by atoms with van der Waals surface area (Å²) in [7, 11) is 0. The van der Waals surface area contributed by atoms with Crippen LogP contribution in [0.25, 0.3) is 0 Å². The zero-order valence-electron chi connectivity index (χ0n) is 11.0. The number of rotatable bonds is 8. The van der Waals surface area contributed by atoms with E-state index in [1.165, 1.54) is 19.8 Å². The predicted octanol–water partition coefficient (Wildman–Crippen LogP) is 0.965. The molecular weight excluding hydrogens is 236 g/mol. The number of nitrogens with one attached hydrogen (secondary N) is 2. The third kappa shape index (κ3) is 4.91. The van der Waals surface area contributed by atoms with Crippen molar-refractivity contribution in [3.63, 3.8) is 0 Å². The van der Waals surface area contributed by atoms with Crippen molar-refractivity contribution in [2.45, 2.75) is 38.6 Å². The first kappa shape index (κ1) is 14.8. The van der Waals surface area contributed by atoms with Crippen LogP contribution in [0.5, 0.6) is 0 Å². The molecule has 1 unspecified atom stereocenters. The molecule has 0 bridgehead atoms. The summed E-state index contributed by atoms with van der Waals surface area (Å²) in [6, 6.07) is -0.475. The van der Waals surface area contributed by atoms with Gasteiger partial charge in [0.2, 0.25) is 0 Å². The third-order valence-corrected chi connectivity index (χ3v) is 3.15. The number of hydrogen-bond donors (Lipinski definition) is 3. The number of carboxylic acid groups (broad SMARTS) is 1. The van der Waals surface area contributed by atoms with Gasteiger partial charge in [0.25, 0.3) is 0 Å². The van der Waals surface area contributed by atoms with Crippen LogP contribution in [-0.2, 0) is 9.53 Å². The van der Waals surface area contributed by atoms with Gasteiger partial charge in [0.15, 0.2) is 0 Å². The van der Waals surface area contributed by atoms with Crippen molar-refractivity contribution in [3.8, 4) is 0 Å². The number of carbonyl (C=O) groups excluding carboxylic acids is 1. The lowest BCUT2D eigenvalue weighted by molar-refractivity contribution is -0.143. The number of carbonyl (C=O) groups is 2. The molecule has 1 atom stereocenters. The molecule has 1 saturated carbocycles. The molecule has 0 heterocycles. The lowest BCUT2D eigenvalue weighted by Crippen LogP contribution is -2.55. The van der Waals surface area contributed by atoms with Crippen LogP contribution in [0, 0.1) is 5.92 Å². The summed E-state index contributed by atoms with van der Waals surface area (Å²) in [5, 5.41) is 14.0. The second-order valence-corrected chi connectivity index (χ2v) is 4.89. The number of hydrogen-bond acceptors (Lipinski definition) is 3. The van der Waals surface area contributed by atoms with Crippen molar-refractivity contribution in [3.05, 3.63) is 0 Å². The van der Waals surface area contributed by atoms with E-state index in [4.69, 9.17) is 9.84 Å². The molecule has 1 aliphatic rings. The highest BCUT2D eigenvalue weighted by atomic mass is 16.5. The Bertz CT molecular complexity index is 304. The fourth-order valence-electron chi connectivity index (χ4n) is 1.36. The molecule has 0 aromatic rings. The van der Waals surface area contributed by atoms with Crippen molar-refractivity contribution in [1.29, 1.82) is 0 Å². The van der Waals surface area contributed by atoms with Crippen LogP contribution in [0.15, 0.2) is 0 Å². The Hall–Kier alpha value is -1.30. The minimum Gasteiger partial charge on any atom is -0.480 e. The summed E-state index contributed by atoms with van der Waals surface area (Å²) in [6.07, 6.45) is 2.80. The third-order valence-electron chi connectivity index (χ3n) is 3.15. The first-order chi connectivity index (χ1) is 8.48. The average Bonchev–Trinajstić information content (AvgIpc) is 3.12. The minimum atomic E-state index is -1.22. The van der Waals surface area contributed by atoms with Gasteiger partial charge in [-0.3, -0.25) is 0 Å². The summed E-state index contributed by atoms with van der Waals surface area (Å²) < 4.78 is 5.35. The first-order valence-corrected chi connectivity index (χ1v) is 6.35. The van der Waals surface area contributed by atoms with Crippen LogP contribution in [-0.4, -0.2) is 42.4 Å². The maximum absolute atomic E-state index is 11.5. The fraction of sp³-hybridized carbons (Fsp3) is 0.833. The highest BCUT2D eigenvalue weighted by Gasteiger charge is 2.32. The highest BCUT2D eigenvalue weighted by molar-refractivity contribution is 5.85. The second kappa shape index (κ2) is 6.58. The molecule has 0 aromatic heterocycles. The Morgan fingerprint density at radius 2 is 2.11 bits per heavy atom. The first-order valence-electron chi connectivity index (χ1n) is 6.35. The van der Waals surface area contributed by atoms with Crippen molar-refractivity contribution >= 4 is 12.0 Å². The van der Waals surface area contributed by atoms with Crippen LogP contribution in [0.3, 0.4) is 0 Å². The number of ether oxygens (including phenoxy) is 1. The maximum Gasteiger partial charge on any atom is 0.329 e. The van der Waals surface area contributed by atoms with E-state index in [2.05, 4.69) is 10.6 Å². The quantitative estimate of drug-likeness (QED) is 0.566. The Balaban J connectivity index is 2.13. The van der Waals surface area contributed by atoms with Gasteiger partial charge in [0.05, 0.1) is 6.61 Å². The summed E-state index contributed by atoms with van der Waals surface area (Å²) in [6.45, 7) is 4.80. The van der Waals surface area contributed by atoms with Crippen LogP contribution in [0.2, 0.25) is 0 Å². The lowest BCUT2D eigenvalue weighted by Gasteiger charge is -2.24. The standard InChI is InChI=1S/C12H22N2O4/c1-3-12(2,10(15)16)14-11(17)13-6-7-18-8-9-4-5-9/h9H,3-8H2,1-2H3,(H,15,16)(H2,13,14,17). The Labute approximate surface area is 107 Å². The molecule has 104 valence electrons. The molecule has 1 fully saturated rings. The van der Waals surface area contributed by atoms with Gasteiger partial charge in [-0.15, -0.1) is 0 Å². The highest BCUT2D eigenvalue weighted by Crippen LogP contribution is 2.28. The smallest absolute Gasteiger partial charge is 0.329 e. The summed E-state index contributed by atoms with van der Waals surface area (Å²) in [4.78, 5) is 22.5. The molecule has 1 aliphatic carbocycles. The number of urea groups is 1. The van der Waals surface area contributed by atoms with Gasteiger partial charge in [-0.05, 0) is 32.1 Å². The van der Waals surface area contributed by atoms with Crippen LogP contribution in [0.4, 0.5) is 4.79 Å². The van der Waals surface area contributed by atoms with Crippen molar-refractivity contribution in [2.75, 3.05) is 19.8 Å². The van der Waals surface area contributed by atoms with Gasteiger partial charge in [-0.1, -0.05) is 6.92 Å². The van der Waals surface area contributed by atoms with E-state index in [0.29, 0.717) is 25.5 Å². The molecule has 3 N–H and O–H groups in total. The van der Waals surface area contributed by atoms with E-state index in [-0.39, 0.29) is 0 Å². The Morgan fingerprint density at radius 3 is 2.61 bits per heavy atom. The molecule has 6 heteroatoms. The molecule has 6 nitrogen and oxygen atoms in total. The van der Waals surface area contributed by atoms with Gasteiger partial charge in [0.1, 0.15) is 5.54 Å². The van der Waals surface area contributed by atoms with E-state index >= 15 is 0 Å². The van der Waals surface area contributed by atoms with E-state index in [9.17, 15) is 9.59 Å². The maximum atomic E-state index is 11.5. The molecule has 0 aliphatic heterocycles. The molecule has 0 aromatic carbocycles. The number of carboxylic acids is 1. The second-order valence-electron chi connectivity index (χ2n) is 4.89. The molecule has 18 heavy (non-hydrogen) atoms. The zero-order valence-corrected chi connectivity index (χ0v) is 11.0. The van der Waals surface area contributed by atoms with E-state index in [1.807, 2.05) is 0 Å². The molecule has 1 rings (SSSR count). The minimum absolute atomic E-state index is 0.327. The van der Waals surface area contributed by atoms with Gasteiger partial charge in [-0.25, -0.2) is 9.59 Å². The zero-order chi connectivity index (χ0) is 13.6. The van der Waals surface area contributed by atoms with E-state index in [1.54, 1.807) is 6.92 Å². The fourth-order valence-corrected chi connectivity index (χ4v) is 1.36. The van der Waals surface area contributed by atoms with Crippen LogP contribution in [0.1, 0.15) is 33.1 Å². The normalized spacial score (nSPS) is 17.9. The molecule has 0 radical (unpaired) electrons. The van der Waals surface area contributed by atoms with Gasteiger partial charge in [0, 0.05) is 13.2 Å². The summed E-state index contributed by atoms with van der Waals surface area (Å²) in [5.74, 6) is -0.334. The molecule has 0 saturated heterocycles. The summed E-state index contributed by atoms with van der Waals surface area (Å²) >= 11 is 0. The van der Waals surface area contributed by atoms with Gasteiger partial charge < -0.3 is 20.5 Å². The Morgan fingerprint density at radius 1 is 1.44 bits per heavy atom. The largest absolute Gasteiger partial charge is 0.480 e. The lowest BCUT2D eigenvalue weighted by atomic mass is 10.00. The van der Waals surface area contributed by atoms with Gasteiger partial charge >= 0.3 is 12.0 Å². The Kier molecular flexibility index (Phi) is 5.40. The van der Waals surface area contributed by atoms with Crippen molar-refractivity contribution < 1.29 is 19.4 Å².